The fraction of sp³-hybridized carbons (Fsp3) is 0.0588. The van der Waals surface area contributed by atoms with Gasteiger partial charge in [-0.2, -0.15) is 5.26 Å². The van der Waals surface area contributed by atoms with Crippen LogP contribution in [0.15, 0.2) is 54.7 Å². The van der Waals surface area contributed by atoms with E-state index in [1.54, 1.807) is 19.4 Å². The summed E-state index contributed by atoms with van der Waals surface area (Å²) in [7, 11) is 1.62. The Bertz CT molecular complexity index is 832. The number of nitrogens with one attached hydrogen (secondary N) is 1. The van der Waals surface area contributed by atoms with Gasteiger partial charge >= 0.3 is 0 Å². The van der Waals surface area contributed by atoms with E-state index in [0.717, 1.165) is 22.2 Å². The molecule has 1 heterocycles. The van der Waals surface area contributed by atoms with Gasteiger partial charge in [0.1, 0.15) is 11.6 Å². The van der Waals surface area contributed by atoms with Crippen LogP contribution in [-0.2, 0) is 0 Å². The van der Waals surface area contributed by atoms with E-state index < -0.39 is 0 Å². The van der Waals surface area contributed by atoms with Crippen molar-refractivity contribution in [3.8, 4) is 11.8 Å². The number of ether oxygens (including phenoxy) is 1. The molecular formula is C17H13N3O. The molecule has 3 aromatic rings. The van der Waals surface area contributed by atoms with Gasteiger partial charge in [0.2, 0.25) is 0 Å². The molecule has 0 unspecified atom stereocenters. The Balaban J connectivity index is 2.15. The number of nitrogens with zero attached hydrogens (tertiary/aromatic N) is 2. The first kappa shape index (κ1) is 12.9. The van der Waals surface area contributed by atoms with Crippen LogP contribution in [0.4, 0.5) is 11.5 Å². The molecule has 0 aliphatic carbocycles. The number of benzene rings is 2. The molecule has 2 aromatic carbocycles. The number of hydrogen-bond acceptors (Lipinski definition) is 4. The molecule has 0 bridgehead atoms. The molecular weight excluding hydrogens is 262 g/mol. The third-order valence-corrected chi connectivity index (χ3v) is 3.27. The molecule has 102 valence electrons. The summed E-state index contributed by atoms with van der Waals surface area (Å²) in [5.74, 6) is 1.37. The first-order valence-corrected chi connectivity index (χ1v) is 6.51. The highest BCUT2D eigenvalue weighted by molar-refractivity contribution is 5.97. The highest BCUT2D eigenvalue weighted by Gasteiger charge is 2.09. The number of methoxy groups -OCH3 is 1. The molecule has 0 amide bonds. The lowest BCUT2D eigenvalue weighted by atomic mass is 10.1. The third-order valence-electron chi connectivity index (χ3n) is 3.27. The predicted molar refractivity (Wildman–Crippen MR) is 82.7 cm³/mol. The first-order valence-electron chi connectivity index (χ1n) is 6.51. The third kappa shape index (κ3) is 2.37. The lowest BCUT2D eigenvalue weighted by Gasteiger charge is -2.12. The fourth-order valence-corrected chi connectivity index (χ4v) is 2.29. The molecule has 1 aromatic heterocycles. The van der Waals surface area contributed by atoms with Crippen molar-refractivity contribution in [2.45, 2.75) is 0 Å². The van der Waals surface area contributed by atoms with E-state index in [0.29, 0.717) is 11.4 Å². The highest BCUT2D eigenvalue weighted by Crippen LogP contribution is 2.31. The number of anilines is 2. The Labute approximate surface area is 122 Å². The standard InChI is InChI=1S/C17H13N3O/c1-21-15-8-3-2-7-14(15)20-17-16-12(9-10-19-17)5-4-6-13(16)11-18/h2-10H,1H3,(H,19,20). The number of aromatic nitrogens is 1. The van der Waals surface area contributed by atoms with Gasteiger partial charge in [0.25, 0.3) is 0 Å². The Kier molecular flexibility index (Phi) is 3.40. The van der Waals surface area contributed by atoms with Crippen LogP contribution in [-0.4, -0.2) is 12.1 Å². The monoisotopic (exact) mass is 275 g/mol. The molecule has 1 N–H and O–H groups in total. The minimum Gasteiger partial charge on any atom is -0.495 e. The summed E-state index contributed by atoms with van der Waals surface area (Å²) in [6, 6.07) is 17.3. The van der Waals surface area contributed by atoms with Gasteiger partial charge in [-0.15, -0.1) is 0 Å². The van der Waals surface area contributed by atoms with E-state index >= 15 is 0 Å². The van der Waals surface area contributed by atoms with E-state index in [-0.39, 0.29) is 0 Å². The van der Waals surface area contributed by atoms with Gasteiger partial charge in [-0.1, -0.05) is 24.3 Å². The number of fused-ring (bicyclic) bond motifs is 1. The summed E-state index contributed by atoms with van der Waals surface area (Å²) in [6.07, 6.45) is 1.72. The molecule has 0 saturated carbocycles. The van der Waals surface area contributed by atoms with E-state index in [9.17, 15) is 5.26 Å². The van der Waals surface area contributed by atoms with Crippen LogP contribution in [0.1, 0.15) is 5.56 Å². The average molecular weight is 275 g/mol. The second-order valence-electron chi connectivity index (χ2n) is 4.50. The fourth-order valence-electron chi connectivity index (χ4n) is 2.29. The van der Waals surface area contributed by atoms with Crippen molar-refractivity contribution in [2.24, 2.45) is 0 Å². The largest absolute Gasteiger partial charge is 0.495 e. The molecule has 4 heteroatoms. The lowest BCUT2D eigenvalue weighted by Crippen LogP contribution is -1.98. The number of hydrogen-bond donors (Lipinski definition) is 1. The van der Waals surface area contributed by atoms with Crippen molar-refractivity contribution in [3.05, 3.63) is 60.3 Å². The Morgan fingerprint density at radius 3 is 2.76 bits per heavy atom. The second kappa shape index (κ2) is 5.51. The number of rotatable bonds is 3. The summed E-state index contributed by atoms with van der Waals surface area (Å²) in [5, 5.41) is 14.3. The highest BCUT2D eigenvalue weighted by atomic mass is 16.5. The van der Waals surface area contributed by atoms with Crippen molar-refractivity contribution in [2.75, 3.05) is 12.4 Å². The smallest absolute Gasteiger partial charge is 0.142 e. The van der Waals surface area contributed by atoms with Crippen molar-refractivity contribution >= 4 is 22.3 Å². The molecule has 21 heavy (non-hydrogen) atoms. The SMILES string of the molecule is COc1ccccc1Nc1nccc2cccc(C#N)c12. The topological polar surface area (TPSA) is 57.9 Å². The second-order valence-corrected chi connectivity index (χ2v) is 4.50. The molecule has 3 rings (SSSR count). The molecule has 0 aliphatic heterocycles. The van der Waals surface area contributed by atoms with Gasteiger partial charge in [-0.05, 0) is 29.7 Å². The number of pyridine rings is 1. The van der Waals surface area contributed by atoms with Gasteiger partial charge in [0, 0.05) is 11.6 Å². The summed E-state index contributed by atoms with van der Waals surface area (Å²) in [4.78, 5) is 4.37. The van der Waals surface area contributed by atoms with Crippen LogP contribution in [0.3, 0.4) is 0 Å². The molecule has 4 nitrogen and oxygen atoms in total. The first-order chi connectivity index (χ1) is 10.3. The van der Waals surface area contributed by atoms with E-state index in [1.807, 2.05) is 42.5 Å². The zero-order chi connectivity index (χ0) is 14.7. The van der Waals surface area contributed by atoms with E-state index in [4.69, 9.17) is 4.74 Å². The molecule has 0 saturated heterocycles. The van der Waals surface area contributed by atoms with E-state index in [1.165, 1.54) is 0 Å². The van der Waals surface area contributed by atoms with Gasteiger partial charge in [0.05, 0.1) is 24.4 Å². The van der Waals surface area contributed by atoms with Gasteiger partial charge in [-0.3, -0.25) is 0 Å². The van der Waals surface area contributed by atoms with Crippen LogP contribution in [0, 0.1) is 11.3 Å². The maximum atomic E-state index is 9.30. The Hall–Kier alpha value is -3.06. The van der Waals surface area contributed by atoms with Crippen molar-refractivity contribution in [1.82, 2.24) is 4.98 Å². The van der Waals surface area contributed by atoms with Gasteiger partial charge in [-0.25, -0.2) is 4.98 Å². The van der Waals surface area contributed by atoms with Crippen LogP contribution in [0.25, 0.3) is 10.8 Å². The summed E-state index contributed by atoms with van der Waals surface area (Å²) in [6.45, 7) is 0. The molecule has 0 aliphatic rings. The summed E-state index contributed by atoms with van der Waals surface area (Å²) < 4.78 is 5.33. The molecule has 0 radical (unpaired) electrons. The zero-order valence-corrected chi connectivity index (χ0v) is 11.5. The molecule has 0 atom stereocenters. The Morgan fingerprint density at radius 2 is 1.95 bits per heavy atom. The van der Waals surface area contributed by atoms with Crippen molar-refractivity contribution in [3.63, 3.8) is 0 Å². The van der Waals surface area contributed by atoms with Crippen LogP contribution >= 0.6 is 0 Å². The summed E-state index contributed by atoms with van der Waals surface area (Å²) >= 11 is 0. The van der Waals surface area contributed by atoms with Crippen LogP contribution < -0.4 is 10.1 Å². The lowest BCUT2D eigenvalue weighted by molar-refractivity contribution is 0.417. The maximum Gasteiger partial charge on any atom is 0.142 e. The van der Waals surface area contributed by atoms with Crippen LogP contribution in [0.5, 0.6) is 5.75 Å². The Morgan fingerprint density at radius 1 is 1.10 bits per heavy atom. The van der Waals surface area contributed by atoms with Crippen molar-refractivity contribution < 1.29 is 4.74 Å². The van der Waals surface area contributed by atoms with Gasteiger partial charge in [0.15, 0.2) is 0 Å². The normalized spacial score (nSPS) is 10.1. The predicted octanol–water partition coefficient (Wildman–Crippen LogP) is 3.86. The quantitative estimate of drug-likeness (QED) is 0.788. The van der Waals surface area contributed by atoms with Gasteiger partial charge < -0.3 is 10.1 Å². The van der Waals surface area contributed by atoms with Crippen LogP contribution in [0.2, 0.25) is 0 Å². The molecule has 0 fully saturated rings. The minimum absolute atomic E-state index is 0.595. The molecule has 0 spiro atoms. The van der Waals surface area contributed by atoms with E-state index in [2.05, 4.69) is 16.4 Å². The number of nitriles is 1. The number of para-hydroxylation sites is 2. The zero-order valence-electron chi connectivity index (χ0n) is 11.5. The summed E-state index contributed by atoms with van der Waals surface area (Å²) in [5.41, 5.74) is 1.41. The van der Waals surface area contributed by atoms with Crippen molar-refractivity contribution in [1.29, 1.82) is 5.26 Å². The average Bonchev–Trinajstić information content (AvgIpc) is 2.55. The maximum absolute atomic E-state index is 9.30. The minimum atomic E-state index is 0.595.